The van der Waals surface area contributed by atoms with Crippen molar-refractivity contribution in [3.05, 3.63) is 34.3 Å². The van der Waals surface area contributed by atoms with Crippen LogP contribution in [-0.2, 0) is 6.54 Å². The summed E-state index contributed by atoms with van der Waals surface area (Å²) in [6.45, 7) is 9.48. The molecule has 110 valence electrons. The van der Waals surface area contributed by atoms with E-state index in [9.17, 15) is 0 Å². The summed E-state index contributed by atoms with van der Waals surface area (Å²) in [5, 5.41) is 8.84. The van der Waals surface area contributed by atoms with Gasteiger partial charge in [0, 0.05) is 17.4 Å². The minimum atomic E-state index is 0.241. The quantitative estimate of drug-likeness (QED) is 0.777. The van der Waals surface area contributed by atoms with E-state index in [1.165, 1.54) is 5.56 Å². The van der Waals surface area contributed by atoms with Gasteiger partial charge in [0.1, 0.15) is 0 Å². The Hall–Kier alpha value is -0.850. The van der Waals surface area contributed by atoms with E-state index < -0.39 is 0 Å². The summed E-state index contributed by atoms with van der Waals surface area (Å²) >= 11 is 3.46. The molecule has 0 unspecified atom stereocenters. The van der Waals surface area contributed by atoms with Gasteiger partial charge < -0.3 is 0 Å². The van der Waals surface area contributed by atoms with Gasteiger partial charge in [-0.2, -0.15) is 5.26 Å². The lowest BCUT2D eigenvalue weighted by Crippen LogP contribution is -2.38. The van der Waals surface area contributed by atoms with Crippen LogP contribution in [0.5, 0.6) is 0 Å². The molecule has 2 rings (SSSR count). The molecule has 1 heterocycles. The Bertz CT molecular complexity index is 425. The van der Waals surface area contributed by atoms with E-state index >= 15 is 0 Å². The Morgan fingerprint density at radius 1 is 1.20 bits per heavy atom. The van der Waals surface area contributed by atoms with Crippen LogP contribution in [0.1, 0.15) is 45.6 Å². The van der Waals surface area contributed by atoms with Gasteiger partial charge in [-0.25, -0.2) is 0 Å². The number of benzene rings is 1. The number of halogens is 1. The first-order valence-corrected chi connectivity index (χ1v) is 8.24. The van der Waals surface area contributed by atoms with Crippen LogP contribution in [0, 0.1) is 16.7 Å². The number of nitriles is 1. The summed E-state index contributed by atoms with van der Waals surface area (Å²) in [6, 6.07) is 10.9. The van der Waals surface area contributed by atoms with Gasteiger partial charge in [0.25, 0.3) is 0 Å². The Balaban J connectivity index is 0.000000956. The van der Waals surface area contributed by atoms with Gasteiger partial charge in [-0.15, -0.1) is 0 Å². The minimum Gasteiger partial charge on any atom is -0.299 e. The Labute approximate surface area is 131 Å². The van der Waals surface area contributed by atoms with Gasteiger partial charge in [-0.1, -0.05) is 48.8 Å². The molecule has 3 heteroatoms. The van der Waals surface area contributed by atoms with Gasteiger partial charge in [0.2, 0.25) is 0 Å². The maximum Gasteiger partial charge on any atom is 0.0627 e. The number of rotatable bonds is 3. The number of likely N-dealkylation sites (tertiary alicyclic amines) is 1. The molecule has 2 nitrogen and oxygen atoms in total. The molecular formula is C17H25BrN2. The van der Waals surface area contributed by atoms with Gasteiger partial charge in [-0.3, -0.25) is 4.90 Å². The first-order chi connectivity index (χ1) is 9.61. The first kappa shape index (κ1) is 17.2. The summed E-state index contributed by atoms with van der Waals surface area (Å²) in [5.74, 6) is 0. The van der Waals surface area contributed by atoms with Crippen LogP contribution in [0.25, 0.3) is 0 Å². The molecule has 20 heavy (non-hydrogen) atoms. The molecule has 0 N–H and O–H groups in total. The molecule has 1 saturated heterocycles. The zero-order chi connectivity index (χ0) is 15.0. The van der Waals surface area contributed by atoms with Gasteiger partial charge >= 0.3 is 0 Å². The largest absolute Gasteiger partial charge is 0.299 e. The van der Waals surface area contributed by atoms with E-state index in [1.54, 1.807) is 0 Å². The third-order valence-corrected chi connectivity index (χ3v) is 4.42. The fourth-order valence-electron chi connectivity index (χ4n) is 2.47. The molecule has 0 bridgehead atoms. The molecule has 1 aliphatic heterocycles. The summed E-state index contributed by atoms with van der Waals surface area (Å²) < 4.78 is 1.13. The fraction of sp³-hybridized carbons (Fsp3) is 0.588. The van der Waals surface area contributed by atoms with Crippen molar-refractivity contribution in [1.29, 1.82) is 5.26 Å². The standard InChI is InChI=1S/C15H19BrN2.C2H6/c1-15(6-9-17)7-10-18(11-8-15)12-13-2-4-14(16)5-3-13;1-2/h2-5H,6-8,10-12H2,1H3;1-2H3. The lowest BCUT2D eigenvalue weighted by atomic mass is 9.78. The van der Waals surface area contributed by atoms with Gasteiger partial charge in [0.05, 0.1) is 6.07 Å². The highest BCUT2D eigenvalue weighted by Crippen LogP contribution is 2.34. The summed E-state index contributed by atoms with van der Waals surface area (Å²) in [4.78, 5) is 2.49. The highest BCUT2D eigenvalue weighted by atomic mass is 79.9. The van der Waals surface area contributed by atoms with Crippen LogP contribution in [0.4, 0.5) is 0 Å². The first-order valence-electron chi connectivity index (χ1n) is 7.45. The third kappa shape index (κ3) is 5.26. The van der Waals surface area contributed by atoms with E-state index in [2.05, 4.69) is 58.1 Å². The van der Waals surface area contributed by atoms with Crippen molar-refractivity contribution in [1.82, 2.24) is 4.90 Å². The molecule has 0 spiro atoms. The molecule has 0 aliphatic carbocycles. The lowest BCUT2D eigenvalue weighted by Gasteiger charge is -2.38. The predicted octanol–water partition coefficient (Wildman–Crippen LogP) is 4.99. The Kier molecular flexibility index (Phi) is 7.26. The van der Waals surface area contributed by atoms with Crippen LogP contribution >= 0.6 is 15.9 Å². The molecule has 0 saturated carbocycles. The number of hydrogen-bond acceptors (Lipinski definition) is 2. The molecule has 0 radical (unpaired) electrons. The maximum absolute atomic E-state index is 8.84. The predicted molar refractivity (Wildman–Crippen MR) is 88.3 cm³/mol. The lowest BCUT2D eigenvalue weighted by molar-refractivity contribution is 0.116. The molecule has 1 fully saturated rings. The van der Waals surface area contributed by atoms with E-state index in [-0.39, 0.29) is 5.41 Å². The third-order valence-electron chi connectivity index (χ3n) is 3.89. The zero-order valence-electron chi connectivity index (χ0n) is 12.8. The van der Waals surface area contributed by atoms with Crippen LogP contribution < -0.4 is 0 Å². The van der Waals surface area contributed by atoms with Crippen molar-refractivity contribution in [2.45, 2.75) is 46.6 Å². The number of piperidine rings is 1. The van der Waals surface area contributed by atoms with E-state index in [0.717, 1.165) is 36.9 Å². The molecule has 1 aliphatic rings. The van der Waals surface area contributed by atoms with E-state index in [1.807, 2.05) is 13.8 Å². The van der Waals surface area contributed by atoms with E-state index in [0.29, 0.717) is 6.42 Å². The van der Waals surface area contributed by atoms with Crippen LogP contribution in [-0.4, -0.2) is 18.0 Å². The second-order valence-electron chi connectivity index (χ2n) is 5.55. The second-order valence-corrected chi connectivity index (χ2v) is 6.46. The van der Waals surface area contributed by atoms with Crippen molar-refractivity contribution in [2.24, 2.45) is 5.41 Å². The maximum atomic E-state index is 8.84. The average molecular weight is 337 g/mol. The second kappa shape index (κ2) is 8.44. The molecule has 0 atom stereocenters. The van der Waals surface area contributed by atoms with Crippen molar-refractivity contribution >= 4 is 15.9 Å². The van der Waals surface area contributed by atoms with E-state index in [4.69, 9.17) is 5.26 Å². The molecule has 0 amide bonds. The normalized spacial score (nSPS) is 17.8. The van der Waals surface area contributed by atoms with Crippen molar-refractivity contribution in [2.75, 3.05) is 13.1 Å². The SMILES string of the molecule is CC.CC1(CC#N)CCN(Cc2ccc(Br)cc2)CC1. The Morgan fingerprint density at radius 2 is 1.75 bits per heavy atom. The molecule has 1 aromatic carbocycles. The number of hydrogen-bond donors (Lipinski definition) is 0. The Morgan fingerprint density at radius 3 is 2.25 bits per heavy atom. The average Bonchev–Trinajstić information content (AvgIpc) is 2.46. The summed E-state index contributed by atoms with van der Waals surface area (Å²) in [7, 11) is 0. The van der Waals surface area contributed by atoms with Crippen LogP contribution in [0.2, 0.25) is 0 Å². The smallest absolute Gasteiger partial charge is 0.0627 e. The van der Waals surface area contributed by atoms with Gasteiger partial charge in [-0.05, 0) is 49.0 Å². The minimum absolute atomic E-state index is 0.241. The van der Waals surface area contributed by atoms with Crippen LogP contribution in [0.15, 0.2) is 28.7 Å². The summed E-state index contributed by atoms with van der Waals surface area (Å²) in [5.41, 5.74) is 1.60. The van der Waals surface area contributed by atoms with Crippen LogP contribution in [0.3, 0.4) is 0 Å². The monoisotopic (exact) mass is 336 g/mol. The fourth-order valence-corrected chi connectivity index (χ4v) is 2.73. The van der Waals surface area contributed by atoms with Gasteiger partial charge in [0.15, 0.2) is 0 Å². The molecular weight excluding hydrogens is 312 g/mol. The number of nitrogens with zero attached hydrogens (tertiary/aromatic N) is 2. The highest BCUT2D eigenvalue weighted by Gasteiger charge is 2.29. The zero-order valence-corrected chi connectivity index (χ0v) is 14.4. The van der Waals surface area contributed by atoms with Crippen molar-refractivity contribution < 1.29 is 0 Å². The van der Waals surface area contributed by atoms with Crippen molar-refractivity contribution in [3.8, 4) is 6.07 Å². The molecule has 1 aromatic rings. The highest BCUT2D eigenvalue weighted by molar-refractivity contribution is 9.10. The summed E-state index contributed by atoms with van der Waals surface area (Å²) in [6.07, 6.45) is 2.97. The topological polar surface area (TPSA) is 27.0 Å². The van der Waals surface area contributed by atoms with Crippen molar-refractivity contribution in [3.63, 3.8) is 0 Å². The molecule has 0 aromatic heterocycles.